The molecule has 0 aliphatic rings. The van der Waals surface area contributed by atoms with Crippen molar-refractivity contribution in [1.82, 2.24) is 0 Å². The maximum atomic E-state index is 13.1. The molecule has 0 radical (unpaired) electrons. The van der Waals surface area contributed by atoms with E-state index < -0.39 is 5.97 Å². The number of carboxylic acids is 1. The molecule has 0 bridgehead atoms. The minimum atomic E-state index is -1.27. The molecule has 114 valence electrons. The van der Waals surface area contributed by atoms with E-state index in [0.717, 1.165) is 6.08 Å². The lowest BCUT2D eigenvalue weighted by Crippen LogP contribution is -2.18. The molecule has 0 saturated heterocycles. The summed E-state index contributed by atoms with van der Waals surface area (Å²) in [7, 11) is 1.48. The molecular formula is C17H14FO4-. The molecule has 0 fully saturated rings. The minimum absolute atomic E-state index is 0.197. The molecule has 0 atom stereocenters. The number of aliphatic carboxylic acids is 1. The van der Waals surface area contributed by atoms with Gasteiger partial charge in [-0.3, -0.25) is 0 Å². The van der Waals surface area contributed by atoms with Crippen molar-refractivity contribution in [1.29, 1.82) is 0 Å². The van der Waals surface area contributed by atoms with Crippen LogP contribution in [-0.4, -0.2) is 13.1 Å². The van der Waals surface area contributed by atoms with Gasteiger partial charge in [0, 0.05) is 0 Å². The number of hydrogen-bond acceptors (Lipinski definition) is 4. The topological polar surface area (TPSA) is 58.6 Å². The smallest absolute Gasteiger partial charge is 0.161 e. The fraction of sp³-hybridized carbons (Fsp3) is 0.118. The number of carbonyl (C=O) groups excluding carboxylic acids is 1. The van der Waals surface area contributed by atoms with Crippen molar-refractivity contribution in [3.63, 3.8) is 0 Å². The molecule has 4 nitrogen and oxygen atoms in total. The Kier molecular flexibility index (Phi) is 5.14. The molecule has 22 heavy (non-hydrogen) atoms. The van der Waals surface area contributed by atoms with Gasteiger partial charge >= 0.3 is 0 Å². The third-order valence-electron chi connectivity index (χ3n) is 2.88. The Morgan fingerprint density at radius 3 is 2.73 bits per heavy atom. The quantitative estimate of drug-likeness (QED) is 0.767. The van der Waals surface area contributed by atoms with Crippen LogP contribution in [0.25, 0.3) is 6.08 Å². The molecule has 0 N–H and O–H groups in total. The highest BCUT2D eigenvalue weighted by atomic mass is 19.1. The summed E-state index contributed by atoms with van der Waals surface area (Å²) in [6.45, 7) is 0.197. The van der Waals surface area contributed by atoms with Crippen molar-refractivity contribution in [2.24, 2.45) is 0 Å². The summed E-state index contributed by atoms with van der Waals surface area (Å²) in [5.41, 5.74) is 1.34. The zero-order valence-corrected chi connectivity index (χ0v) is 11.9. The summed E-state index contributed by atoms with van der Waals surface area (Å²) in [6.07, 6.45) is 2.33. The molecule has 2 aromatic rings. The van der Waals surface area contributed by atoms with Crippen molar-refractivity contribution in [3.8, 4) is 11.5 Å². The highest BCUT2D eigenvalue weighted by molar-refractivity contribution is 5.83. The van der Waals surface area contributed by atoms with Gasteiger partial charge in [-0.1, -0.05) is 24.3 Å². The first-order valence-electron chi connectivity index (χ1n) is 6.53. The number of carboxylic acid groups (broad SMARTS) is 1. The third kappa shape index (κ3) is 4.34. The first kappa shape index (κ1) is 15.6. The van der Waals surface area contributed by atoms with E-state index >= 15 is 0 Å². The number of hydrogen-bond donors (Lipinski definition) is 0. The summed E-state index contributed by atoms with van der Waals surface area (Å²) in [5, 5.41) is 10.4. The highest BCUT2D eigenvalue weighted by Gasteiger charge is 2.05. The van der Waals surface area contributed by atoms with Crippen LogP contribution in [0.5, 0.6) is 11.5 Å². The first-order valence-corrected chi connectivity index (χ1v) is 6.53. The van der Waals surface area contributed by atoms with Gasteiger partial charge in [0.15, 0.2) is 11.5 Å². The normalized spacial score (nSPS) is 10.6. The van der Waals surface area contributed by atoms with E-state index in [9.17, 15) is 14.3 Å². The number of rotatable bonds is 6. The minimum Gasteiger partial charge on any atom is -0.545 e. The average molecular weight is 301 g/mol. The predicted octanol–water partition coefficient (Wildman–Crippen LogP) is 2.18. The van der Waals surface area contributed by atoms with Gasteiger partial charge in [-0.25, -0.2) is 4.39 Å². The van der Waals surface area contributed by atoms with Crippen molar-refractivity contribution < 1.29 is 23.8 Å². The number of methoxy groups -OCH3 is 1. The van der Waals surface area contributed by atoms with E-state index in [2.05, 4.69) is 0 Å². The molecule has 0 heterocycles. The van der Waals surface area contributed by atoms with E-state index in [0.29, 0.717) is 22.6 Å². The van der Waals surface area contributed by atoms with Crippen LogP contribution < -0.4 is 14.6 Å². The molecular weight excluding hydrogens is 287 g/mol. The van der Waals surface area contributed by atoms with Gasteiger partial charge < -0.3 is 19.4 Å². The van der Waals surface area contributed by atoms with E-state index in [1.54, 1.807) is 30.3 Å². The lowest BCUT2D eigenvalue weighted by molar-refractivity contribution is -0.297. The molecule has 0 saturated carbocycles. The molecule has 0 aliphatic carbocycles. The molecule has 0 spiro atoms. The van der Waals surface area contributed by atoms with Gasteiger partial charge in [-0.15, -0.1) is 0 Å². The Balaban J connectivity index is 2.12. The van der Waals surface area contributed by atoms with Gasteiger partial charge in [0.1, 0.15) is 12.4 Å². The van der Waals surface area contributed by atoms with Crippen LogP contribution in [0, 0.1) is 5.82 Å². The molecule has 0 aliphatic heterocycles. The van der Waals surface area contributed by atoms with Crippen LogP contribution in [0.4, 0.5) is 4.39 Å². The van der Waals surface area contributed by atoms with Crippen molar-refractivity contribution in [3.05, 3.63) is 65.5 Å². The number of ether oxygens (including phenoxy) is 2. The molecule has 2 rings (SSSR count). The molecule has 5 heteroatoms. The van der Waals surface area contributed by atoms with Crippen LogP contribution in [0.1, 0.15) is 11.1 Å². The molecule has 0 amide bonds. The second-order valence-corrected chi connectivity index (χ2v) is 4.48. The van der Waals surface area contributed by atoms with E-state index in [1.807, 2.05) is 0 Å². The summed E-state index contributed by atoms with van der Waals surface area (Å²) < 4.78 is 23.9. The van der Waals surface area contributed by atoms with Crippen LogP contribution >= 0.6 is 0 Å². The van der Waals surface area contributed by atoms with E-state index in [-0.39, 0.29) is 12.4 Å². The monoisotopic (exact) mass is 301 g/mol. The summed E-state index contributed by atoms with van der Waals surface area (Å²) >= 11 is 0. The van der Waals surface area contributed by atoms with Crippen LogP contribution in [0.15, 0.2) is 48.5 Å². The Labute approximate surface area is 127 Å². The van der Waals surface area contributed by atoms with Crippen LogP contribution in [0.3, 0.4) is 0 Å². The van der Waals surface area contributed by atoms with Gasteiger partial charge in [-0.2, -0.15) is 0 Å². The lowest BCUT2D eigenvalue weighted by atomic mass is 10.2. The lowest BCUT2D eigenvalue weighted by Gasteiger charge is -2.11. The second-order valence-electron chi connectivity index (χ2n) is 4.48. The Morgan fingerprint density at radius 2 is 2.05 bits per heavy atom. The summed E-state index contributed by atoms with van der Waals surface area (Å²) in [4.78, 5) is 10.4. The van der Waals surface area contributed by atoms with Gasteiger partial charge in [0.05, 0.1) is 13.1 Å². The average Bonchev–Trinajstić information content (AvgIpc) is 2.51. The number of carbonyl (C=O) groups is 1. The molecule has 2 aromatic carbocycles. The molecule has 0 unspecified atom stereocenters. The number of halogens is 1. The highest BCUT2D eigenvalue weighted by Crippen LogP contribution is 2.29. The Hall–Kier alpha value is -2.82. The third-order valence-corrected chi connectivity index (χ3v) is 2.88. The Morgan fingerprint density at radius 1 is 1.23 bits per heavy atom. The van der Waals surface area contributed by atoms with Crippen molar-refractivity contribution in [2.75, 3.05) is 7.11 Å². The van der Waals surface area contributed by atoms with Gasteiger partial charge in [0.25, 0.3) is 0 Å². The van der Waals surface area contributed by atoms with Crippen LogP contribution in [-0.2, 0) is 11.4 Å². The first-order chi connectivity index (χ1) is 10.6. The number of benzene rings is 2. The van der Waals surface area contributed by atoms with E-state index in [4.69, 9.17) is 9.47 Å². The summed E-state index contributed by atoms with van der Waals surface area (Å²) in [6, 6.07) is 11.1. The maximum Gasteiger partial charge on any atom is 0.161 e. The fourth-order valence-electron chi connectivity index (χ4n) is 1.86. The van der Waals surface area contributed by atoms with Crippen LogP contribution in [0.2, 0.25) is 0 Å². The summed E-state index contributed by atoms with van der Waals surface area (Å²) in [5.74, 6) is -0.657. The largest absolute Gasteiger partial charge is 0.545 e. The fourth-order valence-corrected chi connectivity index (χ4v) is 1.86. The zero-order chi connectivity index (χ0) is 15.9. The zero-order valence-electron chi connectivity index (χ0n) is 11.9. The van der Waals surface area contributed by atoms with Crippen molar-refractivity contribution in [2.45, 2.75) is 6.61 Å². The standard InChI is InChI=1S/C17H15FO4/c1-21-16-10-12(6-8-17(19)20)5-7-15(16)22-11-13-3-2-4-14(18)9-13/h2-10H,11H2,1H3,(H,19,20)/p-1/b8-6+. The Bertz CT molecular complexity index is 695. The SMILES string of the molecule is COc1cc(/C=C/C(=O)[O-])ccc1OCc1cccc(F)c1. The van der Waals surface area contributed by atoms with Gasteiger partial charge in [-0.05, 0) is 41.5 Å². The maximum absolute atomic E-state index is 13.1. The van der Waals surface area contributed by atoms with Gasteiger partial charge in [0.2, 0.25) is 0 Å². The van der Waals surface area contributed by atoms with E-state index in [1.165, 1.54) is 25.3 Å². The van der Waals surface area contributed by atoms with Crippen molar-refractivity contribution >= 4 is 12.0 Å². The second kappa shape index (κ2) is 7.26. The predicted molar refractivity (Wildman–Crippen MR) is 77.8 cm³/mol. The molecule has 0 aromatic heterocycles.